The van der Waals surface area contributed by atoms with Crippen molar-refractivity contribution in [3.63, 3.8) is 0 Å². The molecule has 9 aromatic rings. The first kappa shape index (κ1) is 33.9. The van der Waals surface area contributed by atoms with E-state index in [-0.39, 0.29) is 0 Å². The summed E-state index contributed by atoms with van der Waals surface area (Å²) in [4.78, 5) is 17.3. The van der Waals surface area contributed by atoms with E-state index in [9.17, 15) is 5.26 Å². The van der Waals surface area contributed by atoms with Crippen molar-refractivity contribution in [1.29, 1.82) is 5.26 Å². The molecule has 0 bridgehead atoms. The summed E-state index contributed by atoms with van der Waals surface area (Å²) in [6.45, 7) is 0. The highest BCUT2D eigenvalue weighted by Crippen LogP contribution is 2.62. The van der Waals surface area contributed by atoms with E-state index in [1.807, 2.05) is 84.6 Å². The van der Waals surface area contributed by atoms with Gasteiger partial charge in [0.1, 0.15) is 0 Å². The second-order valence-corrected chi connectivity index (χ2v) is 15.8. The van der Waals surface area contributed by atoms with E-state index in [1.54, 1.807) is 0 Å². The lowest BCUT2D eigenvalue weighted by molar-refractivity contribution is 0.723. The van der Waals surface area contributed by atoms with Crippen LogP contribution >= 0.6 is 11.8 Å². The lowest BCUT2D eigenvalue weighted by Gasteiger charge is -2.40. The molecule has 11 rings (SSSR count). The van der Waals surface area contributed by atoms with Crippen LogP contribution in [0.3, 0.4) is 0 Å². The third kappa shape index (κ3) is 5.42. The van der Waals surface area contributed by atoms with Crippen molar-refractivity contribution in [2.45, 2.75) is 15.2 Å². The predicted octanol–water partition coefficient (Wildman–Crippen LogP) is 12.9. The summed E-state index contributed by atoms with van der Waals surface area (Å²) in [5.41, 5.74) is 15.1. The Bertz CT molecular complexity index is 3020. The first-order valence-electron chi connectivity index (χ1n) is 19.3. The van der Waals surface area contributed by atoms with Crippen molar-refractivity contribution in [3.05, 3.63) is 222 Å². The van der Waals surface area contributed by atoms with Crippen molar-refractivity contribution in [3.8, 4) is 73.6 Å². The number of nitrogens with zero attached hydrogens (tertiary/aromatic N) is 4. The monoisotopic (exact) mass is 756 g/mol. The molecule has 1 aliphatic carbocycles. The zero-order valence-electron chi connectivity index (χ0n) is 31.2. The Morgan fingerprint density at radius 1 is 0.362 bits per heavy atom. The fourth-order valence-electron chi connectivity index (χ4n) is 8.75. The van der Waals surface area contributed by atoms with E-state index < -0.39 is 5.41 Å². The lowest BCUT2D eigenvalue weighted by Crippen LogP contribution is -2.32. The summed E-state index contributed by atoms with van der Waals surface area (Å²) < 4.78 is 0. The number of benzene rings is 8. The second-order valence-electron chi connectivity index (χ2n) is 14.7. The second kappa shape index (κ2) is 13.7. The molecule has 1 aromatic heterocycles. The van der Waals surface area contributed by atoms with Crippen LogP contribution in [0.4, 0.5) is 0 Å². The Hall–Kier alpha value is -7.39. The number of fused-ring (bicyclic) bond motifs is 9. The van der Waals surface area contributed by atoms with Crippen molar-refractivity contribution in [1.82, 2.24) is 15.0 Å². The highest BCUT2D eigenvalue weighted by Gasteiger charge is 2.50. The zero-order valence-corrected chi connectivity index (χ0v) is 32.0. The first-order chi connectivity index (χ1) is 28.7. The summed E-state index contributed by atoms with van der Waals surface area (Å²) in [6, 6.07) is 70.6. The molecule has 270 valence electrons. The summed E-state index contributed by atoms with van der Waals surface area (Å²) in [7, 11) is 0. The molecule has 2 aliphatic rings. The van der Waals surface area contributed by atoms with Crippen LogP contribution in [0, 0.1) is 11.3 Å². The molecule has 0 radical (unpaired) electrons. The van der Waals surface area contributed by atoms with Gasteiger partial charge in [-0.25, -0.2) is 15.0 Å². The molecule has 8 aromatic carbocycles. The van der Waals surface area contributed by atoms with Crippen molar-refractivity contribution in [2.75, 3.05) is 0 Å². The van der Waals surface area contributed by atoms with E-state index in [1.165, 1.54) is 43.2 Å². The van der Waals surface area contributed by atoms with Crippen LogP contribution in [0.2, 0.25) is 0 Å². The molecule has 4 nitrogen and oxygen atoms in total. The van der Waals surface area contributed by atoms with Crippen LogP contribution in [0.25, 0.3) is 67.5 Å². The maximum absolute atomic E-state index is 9.48. The molecular formula is C53H32N4S. The van der Waals surface area contributed by atoms with Crippen molar-refractivity contribution in [2.24, 2.45) is 0 Å². The molecule has 1 spiro atoms. The van der Waals surface area contributed by atoms with Crippen LogP contribution in [-0.2, 0) is 5.41 Å². The van der Waals surface area contributed by atoms with Gasteiger partial charge in [-0.15, -0.1) is 0 Å². The minimum absolute atomic E-state index is 0.534. The number of hydrogen-bond donors (Lipinski definition) is 0. The standard InChI is InChI=1S/C53H32N4S/c54-33-34-19-21-35(22-20-34)41-28-30-49-47(32-41)53(45-17-9-10-18-48(45)58-49)44-16-8-7-15-42(44)43-29-27-40(31-46(43)53)36-23-25-39(26-24-36)52-56-50(37-11-3-1-4-12-37)55-51(57-52)38-13-5-2-6-14-38/h1-32H. The Kier molecular flexibility index (Phi) is 7.99. The van der Waals surface area contributed by atoms with Crippen molar-refractivity contribution < 1.29 is 0 Å². The fourth-order valence-corrected chi connectivity index (χ4v) is 9.92. The van der Waals surface area contributed by atoms with E-state index in [0.717, 1.165) is 38.9 Å². The smallest absolute Gasteiger partial charge is 0.164 e. The van der Waals surface area contributed by atoms with E-state index in [0.29, 0.717) is 23.0 Å². The van der Waals surface area contributed by atoms with Crippen LogP contribution in [0.5, 0.6) is 0 Å². The average molecular weight is 757 g/mol. The molecule has 0 amide bonds. The molecule has 0 saturated carbocycles. The Labute approximate surface area is 341 Å². The van der Waals surface area contributed by atoms with E-state index in [4.69, 9.17) is 15.0 Å². The normalized spacial score (nSPS) is 14.5. The lowest BCUT2D eigenvalue weighted by atomic mass is 9.66. The quantitative estimate of drug-likeness (QED) is 0.175. The Morgan fingerprint density at radius 2 is 0.810 bits per heavy atom. The van der Waals surface area contributed by atoms with Gasteiger partial charge in [0.15, 0.2) is 17.5 Å². The summed E-state index contributed by atoms with van der Waals surface area (Å²) >= 11 is 1.84. The van der Waals surface area contributed by atoms with E-state index >= 15 is 0 Å². The Balaban J connectivity index is 1.06. The van der Waals surface area contributed by atoms with Crippen LogP contribution in [-0.4, -0.2) is 15.0 Å². The largest absolute Gasteiger partial charge is 0.208 e. The van der Waals surface area contributed by atoms with Gasteiger partial charge < -0.3 is 0 Å². The summed E-state index contributed by atoms with van der Waals surface area (Å²) in [6.07, 6.45) is 0. The van der Waals surface area contributed by atoms with Gasteiger partial charge in [0.25, 0.3) is 0 Å². The number of aromatic nitrogens is 3. The van der Waals surface area contributed by atoms with E-state index in [2.05, 4.69) is 127 Å². The summed E-state index contributed by atoms with van der Waals surface area (Å²) in [5, 5.41) is 9.48. The fraction of sp³-hybridized carbons (Fsp3) is 0.0189. The average Bonchev–Trinajstić information content (AvgIpc) is 3.59. The predicted molar refractivity (Wildman–Crippen MR) is 233 cm³/mol. The van der Waals surface area contributed by atoms with Crippen LogP contribution in [0.15, 0.2) is 204 Å². The topological polar surface area (TPSA) is 62.5 Å². The van der Waals surface area contributed by atoms with Crippen LogP contribution < -0.4 is 0 Å². The minimum Gasteiger partial charge on any atom is -0.208 e. The summed E-state index contributed by atoms with van der Waals surface area (Å²) in [5.74, 6) is 1.92. The molecule has 0 fully saturated rings. The van der Waals surface area contributed by atoms with Gasteiger partial charge in [-0.2, -0.15) is 5.26 Å². The molecule has 2 heterocycles. The van der Waals surface area contributed by atoms with Gasteiger partial charge in [-0.3, -0.25) is 0 Å². The molecule has 0 saturated heterocycles. The maximum atomic E-state index is 9.48. The van der Waals surface area contributed by atoms with Gasteiger partial charge in [0.2, 0.25) is 0 Å². The third-order valence-electron chi connectivity index (χ3n) is 11.5. The highest BCUT2D eigenvalue weighted by molar-refractivity contribution is 7.99. The molecule has 1 atom stereocenters. The third-order valence-corrected chi connectivity index (χ3v) is 12.6. The number of nitriles is 1. The number of rotatable bonds is 5. The van der Waals surface area contributed by atoms with Crippen LogP contribution in [0.1, 0.15) is 27.8 Å². The molecule has 5 heteroatoms. The van der Waals surface area contributed by atoms with Gasteiger partial charge in [0, 0.05) is 26.5 Å². The van der Waals surface area contributed by atoms with Gasteiger partial charge in [0.05, 0.1) is 17.0 Å². The Morgan fingerprint density at radius 3 is 1.45 bits per heavy atom. The first-order valence-corrected chi connectivity index (χ1v) is 20.1. The number of hydrogen-bond acceptors (Lipinski definition) is 5. The molecular weight excluding hydrogens is 725 g/mol. The zero-order chi connectivity index (χ0) is 38.6. The van der Waals surface area contributed by atoms with Crippen molar-refractivity contribution >= 4 is 11.8 Å². The molecule has 0 N–H and O–H groups in total. The SMILES string of the molecule is N#Cc1ccc(-c2ccc3c(c2)C2(c4ccccc4S3)c3ccccc3-c3ccc(-c4ccc(-c5nc(-c6ccccc6)nc(-c6ccccc6)n5)cc4)cc32)cc1. The molecule has 1 aliphatic heterocycles. The maximum Gasteiger partial charge on any atom is 0.164 e. The molecule has 1 unspecified atom stereocenters. The van der Waals surface area contributed by atoms with Gasteiger partial charge in [-0.05, 0) is 92.0 Å². The van der Waals surface area contributed by atoms with Gasteiger partial charge >= 0.3 is 0 Å². The highest BCUT2D eigenvalue weighted by atomic mass is 32.2. The minimum atomic E-state index is -0.534. The van der Waals surface area contributed by atoms with Gasteiger partial charge in [-0.1, -0.05) is 169 Å². The molecule has 58 heavy (non-hydrogen) atoms.